The number of nitrogens with one attached hydrogen (secondary N) is 1. The predicted molar refractivity (Wildman–Crippen MR) is 94.2 cm³/mol. The number of aromatic nitrogens is 4. The van der Waals surface area contributed by atoms with Gasteiger partial charge in [0.05, 0.1) is 31.0 Å². The van der Waals surface area contributed by atoms with Crippen molar-refractivity contribution < 1.29 is 9.53 Å². The molecule has 0 atom stereocenters. The van der Waals surface area contributed by atoms with E-state index in [-0.39, 0.29) is 11.6 Å². The zero-order valence-electron chi connectivity index (χ0n) is 14.4. The van der Waals surface area contributed by atoms with E-state index in [0.29, 0.717) is 18.2 Å². The van der Waals surface area contributed by atoms with Crippen molar-refractivity contribution in [2.75, 3.05) is 11.9 Å². The van der Waals surface area contributed by atoms with E-state index in [1.165, 1.54) is 12.4 Å². The van der Waals surface area contributed by atoms with Crippen LogP contribution in [-0.2, 0) is 0 Å². The van der Waals surface area contributed by atoms with E-state index in [4.69, 9.17) is 4.74 Å². The highest BCUT2D eigenvalue weighted by atomic mass is 16.5. The number of ether oxygens (including phenoxy) is 1. The van der Waals surface area contributed by atoms with Crippen molar-refractivity contribution >= 4 is 11.6 Å². The van der Waals surface area contributed by atoms with Gasteiger partial charge in [-0.25, -0.2) is 15.0 Å². The predicted octanol–water partition coefficient (Wildman–Crippen LogP) is 2.93. The second-order valence-electron chi connectivity index (χ2n) is 5.46. The van der Waals surface area contributed by atoms with E-state index in [1.807, 2.05) is 49.6 Å². The first-order valence-corrected chi connectivity index (χ1v) is 7.95. The average molecular weight is 337 g/mol. The van der Waals surface area contributed by atoms with Crippen LogP contribution in [0.3, 0.4) is 0 Å². The second kappa shape index (κ2) is 7.12. The summed E-state index contributed by atoms with van der Waals surface area (Å²) >= 11 is 0. The molecule has 7 nitrogen and oxygen atoms in total. The largest absolute Gasteiger partial charge is 0.477 e. The van der Waals surface area contributed by atoms with E-state index < -0.39 is 0 Å². The quantitative estimate of drug-likeness (QED) is 0.774. The van der Waals surface area contributed by atoms with Gasteiger partial charge in [0, 0.05) is 17.1 Å². The van der Waals surface area contributed by atoms with Gasteiger partial charge in [0.15, 0.2) is 0 Å². The molecule has 0 saturated heterocycles. The van der Waals surface area contributed by atoms with Crippen LogP contribution in [0.4, 0.5) is 5.69 Å². The lowest BCUT2D eigenvalue weighted by molar-refractivity contribution is 0.102. The smallest absolute Gasteiger partial charge is 0.275 e. The normalized spacial score (nSPS) is 10.5. The lowest BCUT2D eigenvalue weighted by Gasteiger charge is -2.08. The van der Waals surface area contributed by atoms with Crippen molar-refractivity contribution in [2.45, 2.75) is 20.8 Å². The molecule has 0 aliphatic heterocycles. The van der Waals surface area contributed by atoms with Gasteiger partial charge in [-0.05, 0) is 45.0 Å². The molecular formula is C18H19N5O2. The number of rotatable bonds is 5. The maximum Gasteiger partial charge on any atom is 0.275 e. The molecule has 2 heterocycles. The average Bonchev–Trinajstić information content (AvgIpc) is 2.96. The molecule has 3 aromatic rings. The second-order valence-corrected chi connectivity index (χ2v) is 5.46. The summed E-state index contributed by atoms with van der Waals surface area (Å²) in [5, 5.41) is 2.80. The highest BCUT2D eigenvalue weighted by molar-refractivity contribution is 6.02. The Bertz CT molecular complexity index is 869. The fourth-order valence-electron chi connectivity index (χ4n) is 2.32. The lowest BCUT2D eigenvalue weighted by atomic mass is 10.2. The molecule has 0 unspecified atom stereocenters. The number of benzene rings is 1. The van der Waals surface area contributed by atoms with Crippen LogP contribution < -0.4 is 10.1 Å². The number of nitrogens with zero attached hydrogens (tertiary/aromatic N) is 4. The van der Waals surface area contributed by atoms with Gasteiger partial charge in [-0.2, -0.15) is 0 Å². The van der Waals surface area contributed by atoms with E-state index in [0.717, 1.165) is 17.1 Å². The van der Waals surface area contributed by atoms with Gasteiger partial charge in [0.2, 0.25) is 5.88 Å². The van der Waals surface area contributed by atoms with Crippen molar-refractivity contribution in [3.63, 3.8) is 0 Å². The number of hydrogen-bond donors (Lipinski definition) is 1. The number of aryl methyl sites for hydroxylation is 1. The Morgan fingerprint density at radius 3 is 2.44 bits per heavy atom. The molecule has 0 aliphatic rings. The molecule has 1 amide bonds. The summed E-state index contributed by atoms with van der Waals surface area (Å²) in [6.07, 6.45) is 4.62. The number of carbonyl (C=O) groups excluding carboxylic acids is 1. The number of amides is 1. The molecule has 0 bridgehead atoms. The molecule has 1 N–H and O–H groups in total. The maximum atomic E-state index is 12.2. The number of hydrogen-bond acceptors (Lipinski definition) is 5. The Morgan fingerprint density at radius 1 is 1.12 bits per heavy atom. The molecule has 128 valence electrons. The van der Waals surface area contributed by atoms with Crippen LogP contribution in [0.2, 0.25) is 0 Å². The van der Waals surface area contributed by atoms with Gasteiger partial charge in [-0.1, -0.05) is 0 Å². The minimum absolute atomic E-state index is 0.230. The summed E-state index contributed by atoms with van der Waals surface area (Å²) in [5.41, 5.74) is 3.97. The summed E-state index contributed by atoms with van der Waals surface area (Å²) in [6, 6.07) is 7.52. The molecule has 0 fully saturated rings. The third-order valence-corrected chi connectivity index (χ3v) is 3.81. The van der Waals surface area contributed by atoms with Crippen molar-refractivity contribution in [1.29, 1.82) is 0 Å². The molecule has 7 heteroatoms. The van der Waals surface area contributed by atoms with Gasteiger partial charge in [0.1, 0.15) is 5.69 Å². The van der Waals surface area contributed by atoms with Gasteiger partial charge >= 0.3 is 0 Å². The Kier molecular flexibility index (Phi) is 4.74. The first-order valence-electron chi connectivity index (χ1n) is 7.95. The van der Waals surface area contributed by atoms with Crippen LogP contribution in [-0.4, -0.2) is 32.0 Å². The summed E-state index contributed by atoms with van der Waals surface area (Å²) in [6.45, 7) is 6.35. The van der Waals surface area contributed by atoms with Gasteiger partial charge in [-0.15, -0.1) is 0 Å². The molecule has 0 radical (unpaired) electrons. The number of imidazole rings is 1. The SMILES string of the molecule is CCOc1cnc(C(=O)Nc2ccc(-n3cnc(C)c3C)cc2)cn1. The van der Waals surface area contributed by atoms with Gasteiger partial charge in [-0.3, -0.25) is 4.79 Å². The molecule has 3 rings (SSSR count). The third kappa shape index (κ3) is 3.65. The zero-order valence-corrected chi connectivity index (χ0v) is 14.4. The molecule has 0 spiro atoms. The van der Waals surface area contributed by atoms with Crippen LogP contribution in [0.5, 0.6) is 5.88 Å². The molecule has 1 aromatic carbocycles. The molecule has 0 aliphatic carbocycles. The van der Waals surface area contributed by atoms with E-state index in [9.17, 15) is 4.79 Å². The summed E-state index contributed by atoms with van der Waals surface area (Å²) in [4.78, 5) is 24.6. The van der Waals surface area contributed by atoms with E-state index in [2.05, 4.69) is 20.3 Å². The van der Waals surface area contributed by atoms with Crippen molar-refractivity contribution in [2.24, 2.45) is 0 Å². The fraction of sp³-hybridized carbons (Fsp3) is 0.222. The zero-order chi connectivity index (χ0) is 17.8. The summed E-state index contributed by atoms with van der Waals surface area (Å²) in [5.74, 6) is 0.0763. The molecular weight excluding hydrogens is 318 g/mol. The van der Waals surface area contributed by atoms with Crippen molar-refractivity contribution in [3.8, 4) is 11.6 Å². The van der Waals surface area contributed by atoms with Crippen LogP contribution in [0.15, 0.2) is 43.0 Å². The Labute approximate surface area is 145 Å². The van der Waals surface area contributed by atoms with Crippen molar-refractivity contribution in [1.82, 2.24) is 19.5 Å². The topological polar surface area (TPSA) is 81.9 Å². The summed E-state index contributed by atoms with van der Waals surface area (Å²) in [7, 11) is 0. The van der Waals surface area contributed by atoms with Crippen molar-refractivity contribution in [3.05, 3.63) is 60.1 Å². The Morgan fingerprint density at radius 2 is 1.88 bits per heavy atom. The molecule has 2 aromatic heterocycles. The maximum absolute atomic E-state index is 12.2. The van der Waals surface area contributed by atoms with Crippen LogP contribution in [0.1, 0.15) is 28.8 Å². The monoisotopic (exact) mass is 337 g/mol. The first-order chi connectivity index (χ1) is 12.1. The highest BCUT2D eigenvalue weighted by Crippen LogP contribution is 2.17. The highest BCUT2D eigenvalue weighted by Gasteiger charge is 2.10. The number of carbonyl (C=O) groups is 1. The molecule has 25 heavy (non-hydrogen) atoms. The Balaban J connectivity index is 1.70. The van der Waals surface area contributed by atoms with E-state index in [1.54, 1.807) is 6.33 Å². The standard InChI is InChI=1S/C18H19N5O2/c1-4-25-17-10-19-16(9-20-17)18(24)22-14-5-7-15(8-6-14)23-11-21-12(2)13(23)3/h5-11H,4H2,1-3H3,(H,22,24). The van der Waals surface area contributed by atoms with Crippen LogP contribution in [0.25, 0.3) is 5.69 Å². The fourth-order valence-corrected chi connectivity index (χ4v) is 2.32. The summed E-state index contributed by atoms with van der Waals surface area (Å²) < 4.78 is 7.21. The third-order valence-electron chi connectivity index (χ3n) is 3.81. The van der Waals surface area contributed by atoms with Crippen LogP contribution in [0, 0.1) is 13.8 Å². The minimum atomic E-state index is -0.321. The van der Waals surface area contributed by atoms with Gasteiger partial charge in [0.25, 0.3) is 5.91 Å². The number of anilines is 1. The molecule has 0 saturated carbocycles. The first kappa shape index (κ1) is 16.6. The lowest BCUT2D eigenvalue weighted by Crippen LogP contribution is -2.14. The minimum Gasteiger partial charge on any atom is -0.477 e. The van der Waals surface area contributed by atoms with Crippen LogP contribution >= 0.6 is 0 Å². The van der Waals surface area contributed by atoms with Gasteiger partial charge < -0.3 is 14.6 Å². The Hall–Kier alpha value is -3.22. The van der Waals surface area contributed by atoms with E-state index >= 15 is 0 Å².